The lowest BCUT2D eigenvalue weighted by Gasteiger charge is -2.37. The van der Waals surface area contributed by atoms with Gasteiger partial charge in [0.15, 0.2) is 8.07 Å². The van der Waals surface area contributed by atoms with E-state index in [0.717, 1.165) is 11.4 Å². The van der Waals surface area contributed by atoms with Crippen LogP contribution < -0.4 is 20.7 Å². The second-order valence-corrected chi connectivity index (χ2v) is 23.8. The van der Waals surface area contributed by atoms with Crippen LogP contribution in [0, 0.1) is 0 Å². The maximum absolute atomic E-state index is 2.76. The summed E-state index contributed by atoms with van der Waals surface area (Å²) < 4.78 is 4.94. The molecule has 0 radical (unpaired) electrons. The van der Waals surface area contributed by atoms with Gasteiger partial charge in [0.2, 0.25) is 0 Å². The second kappa shape index (κ2) is 18.7. The lowest BCUT2D eigenvalue weighted by atomic mass is 9.65. The van der Waals surface area contributed by atoms with Gasteiger partial charge in [0.25, 0.3) is 0 Å². The summed E-state index contributed by atoms with van der Waals surface area (Å²) in [5.41, 5.74) is 13.7. The number of aromatic nitrogens is 2. The van der Waals surface area contributed by atoms with Crippen molar-refractivity contribution in [3.8, 4) is 22.5 Å². The quantitative estimate of drug-likeness (QED) is 0.0903. The Kier molecular flexibility index (Phi) is 11.1. The Bertz CT molecular complexity index is 3890. The topological polar surface area (TPSA) is 9.86 Å². The van der Waals surface area contributed by atoms with Crippen molar-refractivity contribution < 1.29 is 0 Å². The predicted molar refractivity (Wildman–Crippen MR) is 322 cm³/mol. The zero-order valence-electron chi connectivity index (χ0n) is 41.9. The normalized spacial score (nSPS) is 11.9. The summed E-state index contributed by atoms with van der Waals surface area (Å²) in [6, 6.07) is 117. The number of fused-ring (bicyclic) bond motifs is 6. The number of hydrogen-bond donors (Lipinski definition) is 0. The molecule has 0 aliphatic carbocycles. The summed E-state index contributed by atoms with van der Waals surface area (Å²) in [6.45, 7) is 0. The van der Waals surface area contributed by atoms with Crippen molar-refractivity contribution in [3.63, 3.8) is 0 Å². The van der Waals surface area contributed by atoms with Crippen LogP contribution in [0.1, 0.15) is 22.3 Å². The number of benzene rings is 12. The first kappa shape index (κ1) is 45.1. The van der Waals surface area contributed by atoms with Gasteiger partial charge in [-0.3, -0.25) is 0 Å². The first-order valence-electron chi connectivity index (χ1n) is 26.3. The molecule has 12 aromatic carbocycles. The van der Waals surface area contributed by atoms with Gasteiger partial charge in [-0.05, 0) is 115 Å². The minimum Gasteiger partial charge on any atom is -0.309 e. The smallest absolute Gasteiger partial charge is 0.179 e. The molecule has 14 rings (SSSR count). The van der Waals surface area contributed by atoms with Crippen LogP contribution in [0.3, 0.4) is 0 Å². The Hall–Kier alpha value is -9.54. The molecule has 0 spiro atoms. The van der Waals surface area contributed by atoms with Gasteiger partial charge in [-0.2, -0.15) is 0 Å². The van der Waals surface area contributed by atoms with Crippen LogP contribution in [0.25, 0.3) is 66.1 Å². The maximum Gasteiger partial charge on any atom is 0.179 e. The molecule has 0 amide bonds. The molecule has 358 valence electrons. The van der Waals surface area contributed by atoms with Crippen molar-refractivity contribution in [2.24, 2.45) is 0 Å². The Morgan fingerprint density at radius 3 is 0.987 bits per heavy atom. The Balaban J connectivity index is 0.912. The first-order chi connectivity index (χ1) is 37.7. The summed E-state index contributed by atoms with van der Waals surface area (Å²) in [7, 11) is -2.76. The van der Waals surface area contributed by atoms with E-state index in [1.165, 1.54) is 97.7 Å². The van der Waals surface area contributed by atoms with Crippen molar-refractivity contribution in [2.45, 2.75) is 5.41 Å². The molecule has 0 atom stereocenters. The van der Waals surface area contributed by atoms with Crippen molar-refractivity contribution >= 4 is 72.4 Å². The third-order valence-corrected chi connectivity index (χ3v) is 20.8. The van der Waals surface area contributed by atoms with E-state index in [9.17, 15) is 0 Å². The van der Waals surface area contributed by atoms with Gasteiger partial charge in [-0.25, -0.2) is 0 Å². The molecular formula is C73H52N2Si. The van der Waals surface area contributed by atoms with Crippen LogP contribution in [0.4, 0.5) is 0 Å². The van der Waals surface area contributed by atoms with E-state index < -0.39 is 13.5 Å². The average Bonchev–Trinajstić information content (AvgIpc) is 4.10. The van der Waals surface area contributed by atoms with E-state index in [-0.39, 0.29) is 0 Å². The van der Waals surface area contributed by atoms with Crippen LogP contribution in [0.2, 0.25) is 0 Å². The largest absolute Gasteiger partial charge is 0.309 e. The average molecular weight is 985 g/mol. The highest BCUT2D eigenvalue weighted by Crippen LogP contribution is 2.46. The summed E-state index contributed by atoms with van der Waals surface area (Å²) in [5, 5.41) is 10.3. The van der Waals surface area contributed by atoms with E-state index in [1.807, 2.05) is 0 Å². The maximum atomic E-state index is 2.48. The molecule has 2 nitrogen and oxygen atoms in total. The highest BCUT2D eigenvalue weighted by molar-refractivity contribution is 7.19. The molecule has 14 aromatic rings. The van der Waals surface area contributed by atoms with Crippen molar-refractivity contribution in [2.75, 3.05) is 0 Å². The van der Waals surface area contributed by atoms with Crippen LogP contribution in [0.15, 0.2) is 315 Å². The lowest BCUT2D eigenvalue weighted by molar-refractivity contribution is 0.744. The fourth-order valence-electron chi connectivity index (χ4n) is 12.7. The summed E-state index contributed by atoms with van der Waals surface area (Å²) in [4.78, 5) is 0. The molecule has 0 saturated heterocycles. The first-order valence-corrected chi connectivity index (χ1v) is 28.3. The zero-order chi connectivity index (χ0) is 50.5. The Morgan fingerprint density at radius 2 is 0.553 bits per heavy atom. The Morgan fingerprint density at radius 1 is 0.224 bits per heavy atom. The monoisotopic (exact) mass is 984 g/mol. The van der Waals surface area contributed by atoms with Gasteiger partial charge < -0.3 is 9.13 Å². The van der Waals surface area contributed by atoms with Gasteiger partial charge >= 0.3 is 0 Å². The minimum absolute atomic E-state index is 0.560. The molecule has 0 bridgehead atoms. The number of nitrogens with zero attached hydrogens (tertiary/aromatic N) is 2. The zero-order valence-corrected chi connectivity index (χ0v) is 42.9. The number of rotatable bonds is 11. The van der Waals surface area contributed by atoms with E-state index in [0.29, 0.717) is 0 Å². The summed E-state index contributed by atoms with van der Waals surface area (Å²) in [5.74, 6) is 0. The highest BCUT2D eigenvalue weighted by atomic mass is 28.3. The minimum atomic E-state index is -2.76. The SMILES string of the molecule is c1ccc(C(c2ccccc2)(c2ccccc2)c2cccc(-n3c4ccccc4c4cc(-c5ccc6c(c5)c5ccccc5n6-c5cccc([Si](c6ccccc6)(c6ccccc6)c6ccccc6)c5)ccc43)c2)cc1. The predicted octanol–water partition coefficient (Wildman–Crippen LogP) is 15.3. The third-order valence-electron chi connectivity index (χ3n) is 16.0. The van der Waals surface area contributed by atoms with Crippen molar-refractivity contribution in [1.82, 2.24) is 9.13 Å². The fraction of sp³-hybridized carbons (Fsp3) is 0.0137. The molecule has 2 heterocycles. The van der Waals surface area contributed by atoms with Gasteiger partial charge in [0, 0.05) is 32.9 Å². The molecule has 3 heteroatoms. The molecule has 0 unspecified atom stereocenters. The van der Waals surface area contributed by atoms with Crippen LogP contribution in [-0.2, 0) is 5.41 Å². The third kappa shape index (κ3) is 7.16. The second-order valence-electron chi connectivity index (χ2n) is 20.0. The molecule has 0 aliphatic rings. The molecule has 0 fully saturated rings. The molecule has 76 heavy (non-hydrogen) atoms. The van der Waals surface area contributed by atoms with E-state index in [2.05, 4.69) is 325 Å². The molecule has 0 N–H and O–H groups in total. The molecular weight excluding hydrogens is 933 g/mol. The van der Waals surface area contributed by atoms with Crippen molar-refractivity contribution in [1.29, 1.82) is 0 Å². The van der Waals surface area contributed by atoms with Crippen molar-refractivity contribution in [3.05, 3.63) is 338 Å². The number of para-hydroxylation sites is 2. The molecule has 2 aromatic heterocycles. The number of hydrogen-bond acceptors (Lipinski definition) is 0. The van der Waals surface area contributed by atoms with E-state index in [1.54, 1.807) is 0 Å². The molecule has 0 saturated carbocycles. The molecule has 0 aliphatic heterocycles. The summed E-state index contributed by atoms with van der Waals surface area (Å²) >= 11 is 0. The van der Waals surface area contributed by atoms with Gasteiger partial charge in [-0.1, -0.05) is 255 Å². The lowest BCUT2D eigenvalue weighted by Crippen LogP contribution is -2.74. The summed E-state index contributed by atoms with van der Waals surface area (Å²) in [6.07, 6.45) is 0. The van der Waals surface area contributed by atoms with E-state index in [4.69, 9.17) is 0 Å². The fourth-order valence-corrected chi connectivity index (χ4v) is 17.5. The van der Waals surface area contributed by atoms with Gasteiger partial charge in [0.1, 0.15) is 0 Å². The van der Waals surface area contributed by atoms with Crippen LogP contribution >= 0.6 is 0 Å². The highest BCUT2D eigenvalue weighted by Gasteiger charge is 2.42. The Labute approximate surface area is 444 Å². The van der Waals surface area contributed by atoms with Crippen LogP contribution in [0.5, 0.6) is 0 Å². The standard InChI is InChI=1S/C73H52N2Si/c1-7-25-55(26-8-1)73(56-27-9-2-10-28-56,57-29-11-3-12-30-57)58-31-23-32-59(51-58)74-69-43-21-19-41-65(69)67-49-53(45-47-71(67)74)54-46-48-72-68(50-54)66-42-20-22-44-70(66)75(72)60-33-24-40-64(52-60)76(61-34-13-4-14-35-61,62-36-15-5-16-37-62)63-38-17-6-18-39-63/h1-52H. The van der Waals surface area contributed by atoms with E-state index >= 15 is 0 Å². The van der Waals surface area contributed by atoms with Gasteiger partial charge in [-0.15, -0.1) is 0 Å². The van der Waals surface area contributed by atoms with Crippen LogP contribution in [-0.4, -0.2) is 17.2 Å². The van der Waals surface area contributed by atoms with Gasteiger partial charge in [0.05, 0.1) is 27.5 Å².